The van der Waals surface area contributed by atoms with Gasteiger partial charge in [0.2, 0.25) is 0 Å². The number of unbranched alkanes of at least 4 members (excludes halogenated alkanes) is 1. The normalized spacial score (nSPS) is 11.0. The molecule has 0 aliphatic heterocycles. The van der Waals surface area contributed by atoms with Gasteiger partial charge in [-0.25, -0.2) is 9.67 Å². The molecule has 0 unspecified atom stereocenters. The first-order valence-electron chi connectivity index (χ1n) is 9.98. The number of aromatic nitrogens is 4. The fraction of sp³-hybridized carbons (Fsp3) is 0.217. The molecule has 0 aliphatic carbocycles. The van der Waals surface area contributed by atoms with Crippen molar-refractivity contribution in [1.29, 1.82) is 0 Å². The van der Waals surface area contributed by atoms with Gasteiger partial charge in [0.25, 0.3) is 11.5 Å². The number of hydrogen-bond donors (Lipinski definition) is 1. The first-order chi connectivity index (χ1) is 14.6. The van der Waals surface area contributed by atoms with Gasteiger partial charge in [0.15, 0.2) is 0 Å². The van der Waals surface area contributed by atoms with Crippen LogP contribution in [0.5, 0.6) is 0 Å². The number of benzene rings is 2. The van der Waals surface area contributed by atoms with Gasteiger partial charge in [-0.2, -0.15) is 5.10 Å². The lowest BCUT2D eigenvalue weighted by molar-refractivity contribution is 0.101. The summed E-state index contributed by atoms with van der Waals surface area (Å²) in [4.78, 5) is 29.2. The number of nitrogens with one attached hydrogen (secondary N) is 1. The molecule has 1 N–H and O–H groups in total. The van der Waals surface area contributed by atoms with E-state index in [1.54, 1.807) is 0 Å². The first kappa shape index (κ1) is 19.6. The maximum absolute atomic E-state index is 12.6. The van der Waals surface area contributed by atoms with Crippen molar-refractivity contribution >= 4 is 22.6 Å². The smallest absolute Gasteiger partial charge is 0.276 e. The first-order valence-corrected chi connectivity index (χ1v) is 9.98. The average Bonchev–Trinajstić information content (AvgIpc) is 3.10. The molecule has 0 aliphatic rings. The van der Waals surface area contributed by atoms with Crippen LogP contribution in [-0.2, 0) is 13.6 Å². The van der Waals surface area contributed by atoms with E-state index in [-0.39, 0.29) is 17.2 Å². The topological polar surface area (TPSA) is 81.8 Å². The molecule has 7 nitrogen and oxygen atoms in total. The van der Waals surface area contributed by atoms with Crippen LogP contribution in [0.3, 0.4) is 0 Å². The third kappa shape index (κ3) is 3.87. The Hall–Kier alpha value is -3.74. The van der Waals surface area contributed by atoms with Gasteiger partial charge in [0.05, 0.1) is 11.0 Å². The second-order valence-electron chi connectivity index (χ2n) is 7.15. The summed E-state index contributed by atoms with van der Waals surface area (Å²) in [5.41, 5.74) is 3.62. The monoisotopic (exact) mass is 401 g/mol. The third-order valence-electron chi connectivity index (χ3n) is 5.01. The molecular weight excluding hydrogens is 378 g/mol. The van der Waals surface area contributed by atoms with E-state index in [1.807, 2.05) is 67.1 Å². The quantitative estimate of drug-likeness (QED) is 0.532. The highest BCUT2D eigenvalue weighted by molar-refractivity contribution is 6.02. The SMILES string of the molecule is CCCCn1nc(C(=O)Nc2ccc(-c3nc4ccccc4n3C)cc2)ccc1=O. The summed E-state index contributed by atoms with van der Waals surface area (Å²) >= 11 is 0. The number of para-hydroxylation sites is 2. The Morgan fingerprint density at radius 1 is 1.03 bits per heavy atom. The van der Waals surface area contributed by atoms with Gasteiger partial charge in [-0.1, -0.05) is 25.5 Å². The van der Waals surface area contributed by atoms with E-state index in [2.05, 4.69) is 10.4 Å². The summed E-state index contributed by atoms with van der Waals surface area (Å²) in [6.07, 6.45) is 1.78. The summed E-state index contributed by atoms with van der Waals surface area (Å²) in [6.45, 7) is 2.54. The molecule has 152 valence electrons. The highest BCUT2D eigenvalue weighted by atomic mass is 16.2. The molecule has 0 saturated heterocycles. The zero-order valence-electron chi connectivity index (χ0n) is 17.0. The van der Waals surface area contributed by atoms with Gasteiger partial charge in [-0.05, 0) is 48.9 Å². The maximum Gasteiger partial charge on any atom is 0.276 e. The molecular formula is C23H23N5O2. The number of anilines is 1. The van der Waals surface area contributed by atoms with E-state index >= 15 is 0 Å². The predicted octanol–water partition coefficient (Wildman–Crippen LogP) is 3.85. The Morgan fingerprint density at radius 3 is 2.53 bits per heavy atom. The van der Waals surface area contributed by atoms with Crippen LogP contribution in [0.2, 0.25) is 0 Å². The second-order valence-corrected chi connectivity index (χ2v) is 7.15. The van der Waals surface area contributed by atoms with E-state index in [4.69, 9.17) is 4.98 Å². The maximum atomic E-state index is 12.6. The van der Waals surface area contributed by atoms with Gasteiger partial charge >= 0.3 is 0 Å². The Balaban J connectivity index is 1.53. The summed E-state index contributed by atoms with van der Waals surface area (Å²) in [5, 5.41) is 7.02. The summed E-state index contributed by atoms with van der Waals surface area (Å²) in [6, 6.07) is 18.3. The van der Waals surface area contributed by atoms with Crippen LogP contribution in [0, 0.1) is 0 Å². The largest absolute Gasteiger partial charge is 0.327 e. The molecule has 2 aromatic carbocycles. The minimum absolute atomic E-state index is 0.202. The van der Waals surface area contributed by atoms with Crippen LogP contribution < -0.4 is 10.9 Å². The minimum Gasteiger partial charge on any atom is -0.327 e. The second kappa shape index (κ2) is 8.32. The molecule has 0 atom stereocenters. The Bertz CT molecular complexity index is 1250. The number of hydrogen-bond acceptors (Lipinski definition) is 4. The number of nitrogens with zero attached hydrogens (tertiary/aromatic N) is 4. The van der Waals surface area contributed by atoms with Crippen molar-refractivity contribution in [3.63, 3.8) is 0 Å². The Kier molecular flexibility index (Phi) is 5.43. The minimum atomic E-state index is -0.351. The van der Waals surface area contributed by atoms with Crippen molar-refractivity contribution in [3.05, 3.63) is 76.7 Å². The van der Waals surface area contributed by atoms with Crippen molar-refractivity contribution in [2.24, 2.45) is 7.05 Å². The summed E-state index contributed by atoms with van der Waals surface area (Å²) in [5.74, 6) is 0.509. The Labute approximate surface area is 174 Å². The molecule has 0 bridgehead atoms. The van der Waals surface area contributed by atoms with Gasteiger partial charge < -0.3 is 9.88 Å². The zero-order chi connectivity index (χ0) is 21.1. The standard InChI is InChI=1S/C23H23N5O2/c1-3-4-15-28-21(29)14-13-19(26-28)23(30)24-17-11-9-16(10-12-17)22-25-18-7-5-6-8-20(18)27(22)2/h5-14H,3-4,15H2,1-2H3,(H,24,30). The molecule has 2 heterocycles. The van der Waals surface area contributed by atoms with Crippen molar-refractivity contribution in [2.45, 2.75) is 26.3 Å². The molecule has 30 heavy (non-hydrogen) atoms. The number of carbonyl (C=O) groups excluding carboxylic acids is 1. The fourth-order valence-electron chi connectivity index (χ4n) is 3.34. The van der Waals surface area contributed by atoms with E-state index < -0.39 is 0 Å². The summed E-state index contributed by atoms with van der Waals surface area (Å²) < 4.78 is 3.39. The average molecular weight is 401 g/mol. The highest BCUT2D eigenvalue weighted by Crippen LogP contribution is 2.24. The molecule has 0 saturated carbocycles. The van der Waals surface area contributed by atoms with Crippen LogP contribution in [-0.4, -0.2) is 25.2 Å². The fourth-order valence-corrected chi connectivity index (χ4v) is 3.34. The number of aryl methyl sites for hydroxylation is 2. The summed E-state index contributed by atoms with van der Waals surface area (Å²) in [7, 11) is 1.99. The van der Waals surface area contributed by atoms with E-state index in [1.165, 1.54) is 16.8 Å². The number of rotatable bonds is 6. The molecule has 1 amide bonds. The Morgan fingerprint density at radius 2 is 1.80 bits per heavy atom. The zero-order valence-corrected chi connectivity index (χ0v) is 17.0. The predicted molar refractivity (Wildman–Crippen MR) is 118 cm³/mol. The van der Waals surface area contributed by atoms with E-state index in [0.29, 0.717) is 12.2 Å². The van der Waals surface area contributed by atoms with Crippen molar-refractivity contribution in [1.82, 2.24) is 19.3 Å². The molecule has 0 spiro atoms. The van der Waals surface area contributed by atoms with Crippen LogP contribution >= 0.6 is 0 Å². The molecule has 7 heteroatoms. The molecule has 2 aromatic heterocycles. The molecule has 0 fully saturated rings. The van der Waals surface area contributed by atoms with Gasteiger partial charge in [-0.15, -0.1) is 0 Å². The van der Waals surface area contributed by atoms with Gasteiger partial charge in [-0.3, -0.25) is 9.59 Å². The molecule has 4 aromatic rings. The lowest BCUT2D eigenvalue weighted by atomic mass is 10.2. The van der Waals surface area contributed by atoms with E-state index in [9.17, 15) is 9.59 Å². The van der Waals surface area contributed by atoms with Gasteiger partial charge in [0.1, 0.15) is 11.5 Å². The number of fused-ring (bicyclic) bond motifs is 1. The van der Waals surface area contributed by atoms with Crippen molar-refractivity contribution < 1.29 is 4.79 Å². The molecule has 0 radical (unpaired) electrons. The number of carbonyl (C=O) groups is 1. The lowest BCUT2D eigenvalue weighted by Crippen LogP contribution is -2.26. The van der Waals surface area contributed by atoms with Crippen molar-refractivity contribution in [2.75, 3.05) is 5.32 Å². The third-order valence-corrected chi connectivity index (χ3v) is 5.01. The number of amides is 1. The molecule has 4 rings (SSSR count). The van der Waals surface area contributed by atoms with Crippen LogP contribution in [0.25, 0.3) is 22.4 Å². The van der Waals surface area contributed by atoms with E-state index in [0.717, 1.165) is 35.3 Å². The highest BCUT2D eigenvalue weighted by Gasteiger charge is 2.12. The van der Waals surface area contributed by atoms with Crippen LogP contribution in [0.1, 0.15) is 30.3 Å². The van der Waals surface area contributed by atoms with Crippen LogP contribution in [0.4, 0.5) is 5.69 Å². The van der Waals surface area contributed by atoms with Gasteiger partial charge in [0, 0.05) is 30.9 Å². The van der Waals surface area contributed by atoms with Crippen molar-refractivity contribution in [3.8, 4) is 11.4 Å². The van der Waals surface area contributed by atoms with Crippen LogP contribution in [0.15, 0.2) is 65.5 Å². The lowest BCUT2D eigenvalue weighted by Gasteiger charge is -2.08. The number of imidazole rings is 1.